The van der Waals surface area contributed by atoms with Crippen molar-refractivity contribution in [3.05, 3.63) is 38.2 Å². The van der Waals surface area contributed by atoms with Crippen LogP contribution in [-0.2, 0) is 6.54 Å². The maximum Gasteiger partial charge on any atom is 0.329 e. The van der Waals surface area contributed by atoms with Gasteiger partial charge in [-0.15, -0.1) is 0 Å². The summed E-state index contributed by atoms with van der Waals surface area (Å²) in [7, 11) is 0. The molecule has 2 aromatic heterocycles. The van der Waals surface area contributed by atoms with E-state index in [1.54, 1.807) is 13.0 Å². The second kappa shape index (κ2) is 7.64. The lowest BCUT2D eigenvalue weighted by molar-refractivity contribution is 0.0915. The van der Waals surface area contributed by atoms with Gasteiger partial charge in [0, 0.05) is 18.3 Å². The molecule has 0 spiro atoms. The number of aryl methyl sites for hydroxylation is 1. The van der Waals surface area contributed by atoms with Crippen molar-refractivity contribution in [2.24, 2.45) is 5.92 Å². The Hall–Kier alpha value is -2.48. The standard InChI is InChI=1S/C19H27N5O3/c1-5-24-16-15(18(26)23-19(24)27)12(8-14(21-16)10(2)3)17(25)22-13-6-7-20-9-11(13)4/h8,10-11,13,20H,5-7,9H2,1-4H3,(H,22,25)(H,23,26,27). The number of carbonyl (C=O) groups is 1. The summed E-state index contributed by atoms with van der Waals surface area (Å²) in [5, 5.41) is 6.55. The lowest BCUT2D eigenvalue weighted by atomic mass is 9.94. The summed E-state index contributed by atoms with van der Waals surface area (Å²) in [6.07, 6.45) is 0.836. The number of H-pyrrole nitrogens is 1. The molecule has 2 atom stereocenters. The van der Waals surface area contributed by atoms with Crippen molar-refractivity contribution in [1.29, 1.82) is 0 Å². The van der Waals surface area contributed by atoms with Crippen molar-refractivity contribution in [1.82, 2.24) is 25.2 Å². The van der Waals surface area contributed by atoms with Gasteiger partial charge in [-0.1, -0.05) is 20.8 Å². The number of fused-ring (bicyclic) bond motifs is 1. The number of aromatic nitrogens is 3. The third-order valence-electron chi connectivity index (χ3n) is 5.22. The van der Waals surface area contributed by atoms with Gasteiger partial charge in [0.1, 0.15) is 0 Å². The van der Waals surface area contributed by atoms with Crippen molar-refractivity contribution in [3.63, 3.8) is 0 Å². The fourth-order valence-electron chi connectivity index (χ4n) is 3.54. The number of nitrogens with zero attached hydrogens (tertiary/aromatic N) is 2. The topological polar surface area (TPSA) is 109 Å². The molecule has 8 heteroatoms. The number of nitrogens with one attached hydrogen (secondary N) is 3. The molecule has 2 unspecified atom stereocenters. The summed E-state index contributed by atoms with van der Waals surface area (Å²) < 4.78 is 1.40. The Kier molecular flexibility index (Phi) is 5.46. The Morgan fingerprint density at radius 3 is 2.78 bits per heavy atom. The maximum absolute atomic E-state index is 13.1. The third kappa shape index (κ3) is 3.66. The first-order valence-electron chi connectivity index (χ1n) is 9.52. The summed E-state index contributed by atoms with van der Waals surface area (Å²) in [4.78, 5) is 44.6. The van der Waals surface area contributed by atoms with Gasteiger partial charge < -0.3 is 10.6 Å². The predicted molar refractivity (Wildman–Crippen MR) is 104 cm³/mol. The molecule has 146 valence electrons. The van der Waals surface area contributed by atoms with Crippen molar-refractivity contribution in [2.45, 2.75) is 52.6 Å². The van der Waals surface area contributed by atoms with Gasteiger partial charge in [-0.05, 0) is 44.3 Å². The first-order chi connectivity index (χ1) is 12.8. The number of hydrogen-bond acceptors (Lipinski definition) is 5. The number of pyridine rings is 1. The molecular weight excluding hydrogens is 346 g/mol. The van der Waals surface area contributed by atoms with Crippen LogP contribution in [0.15, 0.2) is 15.7 Å². The minimum absolute atomic E-state index is 0.0422. The molecule has 1 fully saturated rings. The highest BCUT2D eigenvalue weighted by Crippen LogP contribution is 2.20. The molecule has 1 aliphatic heterocycles. The number of piperidine rings is 1. The summed E-state index contributed by atoms with van der Waals surface area (Å²) in [5.41, 5.74) is 0.129. The highest BCUT2D eigenvalue weighted by molar-refractivity contribution is 6.05. The van der Waals surface area contributed by atoms with E-state index in [2.05, 4.69) is 27.5 Å². The second-order valence-corrected chi connectivity index (χ2v) is 7.50. The van der Waals surface area contributed by atoms with Gasteiger partial charge in [-0.25, -0.2) is 9.78 Å². The normalized spacial score (nSPS) is 20.2. The van der Waals surface area contributed by atoms with E-state index in [1.807, 2.05) is 13.8 Å². The van der Waals surface area contributed by atoms with E-state index >= 15 is 0 Å². The van der Waals surface area contributed by atoms with Gasteiger partial charge in [0.05, 0.1) is 10.9 Å². The van der Waals surface area contributed by atoms with Crippen molar-refractivity contribution < 1.29 is 4.79 Å². The number of hydrogen-bond donors (Lipinski definition) is 3. The van der Waals surface area contributed by atoms with Crippen LogP contribution in [0.2, 0.25) is 0 Å². The molecule has 0 bridgehead atoms. The molecule has 1 aliphatic rings. The van der Waals surface area contributed by atoms with Crippen molar-refractivity contribution >= 4 is 16.9 Å². The van der Waals surface area contributed by atoms with Gasteiger partial charge in [-0.2, -0.15) is 0 Å². The van der Waals surface area contributed by atoms with Crippen LogP contribution in [0.4, 0.5) is 0 Å². The Balaban J connectivity index is 2.17. The highest BCUT2D eigenvalue weighted by Gasteiger charge is 2.26. The van der Waals surface area contributed by atoms with Crippen LogP contribution >= 0.6 is 0 Å². The van der Waals surface area contributed by atoms with Crippen molar-refractivity contribution in [3.8, 4) is 0 Å². The molecule has 8 nitrogen and oxygen atoms in total. The highest BCUT2D eigenvalue weighted by atomic mass is 16.2. The van der Waals surface area contributed by atoms with Crippen LogP contribution in [0.25, 0.3) is 11.0 Å². The van der Waals surface area contributed by atoms with Crippen LogP contribution in [0.3, 0.4) is 0 Å². The Morgan fingerprint density at radius 2 is 2.15 bits per heavy atom. The van der Waals surface area contributed by atoms with E-state index in [0.717, 1.165) is 19.5 Å². The van der Waals surface area contributed by atoms with E-state index in [9.17, 15) is 14.4 Å². The van der Waals surface area contributed by atoms with Crippen LogP contribution in [0.1, 0.15) is 56.1 Å². The quantitative estimate of drug-likeness (QED) is 0.740. The zero-order chi connectivity index (χ0) is 19.7. The van der Waals surface area contributed by atoms with E-state index in [4.69, 9.17) is 0 Å². The maximum atomic E-state index is 13.1. The van der Waals surface area contributed by atoms with E-state index in [-0.39, 0.29) is 34.5 Å². The van der Waals surface area contributed by atoms with Gasteiger partial charge in [-0.3, -0.25) is 19.1 Å². The fraction of sp³-hybridized carbons (Fsp3) is 0.579. The van der Waals surface area contributed by atoms with Crippen LogP contribution in [-0.4, -0.2) is 39.6 Å². The number of carbonyl (C=O) groups excluding carboxylic acids is 1. The molecule has 0 aliphatic carbocycles. The predicted octanol–water partition coefficient (Wildman–Crippen LogP) is 0.956. The lowest BCUT2D eigenvalue weighted by Crippen LogP contribution is -2.48. The minimum atomic E-state index is -0.578. The fourth-order valence-corrected chi connectivity index (χ4v) is 3.54. The average molecular weight is 373 g/mol. The third-order valence-corrected chi connectivity index (χ3v) is 5.22. The summed E-state index contributed by atoms with van der Waals surface area (Å²) in [6, 6.07) is 1.72. The largest absolute Gasteiger partial charge is 0.349 e. The summed E-state index contributed by atoms with van der Waals surface area (Å²) in [6.45, 7) is 9.86. The zero-order valence-electron chi connectivity index (χ0n) is 16.3. The Bertz CT molecular complexity index is 976. The van der Waals surface area contributed by atoms with Gasteiger partial charge in [0.2, 0.25) is 0 Å². The first-order valence-corrected chi connectivity index (χ1v) is 9.52. The van der Waals surface area contributed by atoms with Gasteiger partial charge in [0.15, 0.2) is 5.65 Å². The molecule has 3 N–H and O–H groups in total. The van der Waals surface area contributed by atoms with Crippen LogP contribution in [0.5, 0.6) is 0 Å². The molecule has 0 aromatic carbocycles. The average Bonchev–Trinajstić information content (AvgIpc) is 2.62. The van der Waals surface area contributed by atoms with Gasteiger partial charge >= 0.3 is 5.69 Å². The minimum Gasteiger partial charge on any atom is -0.349 e. The summed E-state index contributed by atoms with van der Waals surface area (Å²) in [5.74, 6) is 0.0563. The Labute approximate surface area is 157 Å². The van der Waals surface area contributed by atoms with E-state index < -0.39 is 11.2 Å². The first kappa shape index (κ1) is 19.3. The molecule has 27 heavy (non-hydrogen) atoms. The molecule has 0 saturated carbocycles. The molecule has 3 rings (SSSR count). The monoisotopic (exact) mass is 373 g/mol. The number of rotatable bonds is 4. The van der Waals surface area contributed by atoms with Crippen LogP contribution < -0.4 is 21.9 Å². The Morgan fingerprint density at radius 1 is 1.41 bits per heavy atom. The molecule has 2 aromatic rings. The van der Waals surface area contributed by atoms with E-state index in [0.29, 0.717) is 18.2 Å². The lowest BCUT2D eigenvalue weighted by Gasteiger charge is -2.30. The van der Waals surface area contributed by atoms with Crippen LogP contribution in [0, 0.1) is 5.92 Å². The molecular formula is C19H27N5O3. The van der Waals surface area contributed by atoms with E-state index in [1.165, 1.54) is 4.57 Å². The molecule has 1 saturated heterocycles. The zero-order valence-corrected chi connectivity index (χ0v) is 16.3. The van der Waals surface area contributed by atoms with Crippen molar-refractivity contribution in [2.75, 3.05) is 13.1 Å². The summed E-state index contributed by atoms with van der Waals surface area (Å²) >= 11 is 0. The second-order valence-electron chi connectivity index (χ2n) is 7.50. The number of amides is 1. The van der Waals surface area contributed by atoms with Gasteiger partial charge in [0.25, 0.3) is 11.5 Å². The number of aromatic amines is 1. The SMILES string of the molecule is CCn1c(=O)[nH]c(=O)c2c(C(=O)NC3CCNCC3C)cc(C(C)C)nc21. The molecule has 0 radical (unpaired) electrons. The smallest absolute Gasteiger partial charge is 0.329 e. The molecule has 1 amide bonds. The molecule has 3 heterocycles.